The Kier molecular flexibility index (Phi) is 5.80. The third-order valence-electron chi connectivity index (χ3n) is 4.22. The molecule has 0 saturated carbocycles. The molecule has 1 aliphatic rings. The first kappa shape index (κ1) is 17.9. The third-order valence-corrected chi connectivity index (χ3v) is 4.22. The maximum Gasteiger partial charge on any atom is 0.299 e. The lowest BCUT2D eigenvalue weighted by molar-refractivity contribution is -0.126. The number of aromatic nitrogens is 2. The van der Waals surface area contributed by atoms with Crippen LogP contribution in [-0.4, -0.2) is 46.7 Å². The molecular weight excluding hydrogens is 331 g/mol. The molecule has 2 aromatic rings. The van der Waals surface area contributed by atoms with Gasteiger partial charge in [0, 0.05) is 37.0 Å². The number of aryl methyl sites for hydroxylation is 1. The number of carbonyl (C=O) groups is 1. The Balaban J connectivity index is 1.60. The summed E-state index contributed by atoms with van der Waals surface area (Å²) in [5, 5.41) is 0. The van der Waals surface area contributed by atoms with Crippen LogP contribution in [0.1, 0.15) is 24.5 Å². The van der Waals surface area contributed by atoms with Crippen molar-refractivity contribution in [2.24, 2.45) is 0 Å². The van der Waals surface area contributed by atoms with Gasteiger partial charge in [0.1, 0.15) is 0 Å². The average Bonchev–Trinajstić information content (AvgIpc) is 2.68. The highest BCUT2D eigenvalue weighted by Crippen LogP contribution is 2.16. The van der Waals surface area contributed by atoms with E-state index in [4.69, 9.17) is 0 Å². The third kappa shape index (κ3) is 4.37. The molecule has 0 bridgehead atoms. The predicted octanol–water partition coefficient (Wildman–Crippen LogP) is 2.43. The zero-order valence-corrected chi connectivity index (χ0v) is 14.7. The van der Waals surface area contributed by atoms with Gasteiger partial charge in [0.15, 0.2) is 6.30 Å². The summed E-state index contributed by atoms with van der Waals surface area (Å²) in [5.41, 5.74) is 2.04. The summed E-state index contributed by atoms with van der Waals surface area (Å²) in [6.07, 6.45) is 3.92. The van der Waals surface area contributed by atoms with E-state index >= 15 is 0 Å². The van der Waals surface area contributed by atoms with Crippen molar-refractivity contribution in [3.05, 3.63) is 53.9 Å². The number of hydrogen-bond acceptors (Lipinski definition) is 4. The normalized spacial score (nSPS) is 16.8. The number of alkyl halides is 1. The molecule has 1 amide bonds. The van der Waals surface area contributed by atoms with Crippen molar-refractivity contribution in [1.29, 1.82) is 0 Å². The second kappa shape index (κ2) is 8.43. The standard InChI is InChI=1S/C20H21FN4O/c1-2-4-16-5-7-17(8-6-16)9-10-19(26)24-13-14-25(18(21)15-24)20-22-11-3-12-23-20/h3,5-8,11-12,18H,2,4,13-15H2,1H3. The molecule has 1 unspecified atom stereocenters. The van der Waals surface area contributed by atoms with Crippen molar-refractivity contribution in [3.63, 3.8) is 0 Å². The lowest BCUT2D eigenvalue weighted by Gasteiger charge is -2.36. The van der Waals surface area contributed by atoms with Gasteiger partial charge in [-0.05, 0) is 30.2 Å². The number of carbonyl (C=O) groups excluding carboxylic acids is 1. The fourth-order valence-corrected chi connectivity index (χ4v) is 2.84. The average molecular weight is 352 g/mol. The van der Waals surface area contributed by atoms with Gasteiger partial charge in [-0.1, -0.05) is 31.4 Å². The first-order valence-corrected chi connectivity index (χ1v) is 8.75. The van der Waals surface area contributed by atoms with Crippen molar-refractivity contribution in [2.75, 3.05) is 24.5 Å². The number of halogens is 1. The number of rotatable bonds is 3. The summed E-state index contributed by atoms with van der Waals surface area (Å²) in [7, 11) is 0. The largest absolute Gasteiger partial charge is 0.325 e. The van der Waals surface area contributed by atoms with Gasteiger partial charge in [0.05, 0.1) is 6.54 Å². The molecule has 1 saturated heterocycles. The lowest BCUT2D eigenvalue weighted by Crippen LogP contribution is -2.53. The molecule has 1 aliphatic heterocycles. The van der Waals surface area contributed by atoms with E-state index in [1.807, 2.05) is 24.3 Å². The quantitative estimate of drug-likeness (QED) is 0.629. The smallest absolute Gasteiger partial charge is 0.299 e. The minimum atomic E-state index is -1.34. The fraction of sp³-hybridized carbons (Fsp3) is 0.350. The molecule has 1 atom stereocenters. The van der Waals surface area contributed by atoms with Crippen LogP contribution in [0, 0.1) is 11.8 Å². The van der Waals surface area contributed by atoms with Gasteiger partial charge < -0.3 is 9.80 Å². The first-order valence-electron chi connectivity index (χ1n) is 8.75. The Labute approximate surface area is 152 Å². The van der Waals surface area contributed by atoms with E-state index in [1.165, 1.54) is 15.4 Å². The highest BCUT2D eigenvalue weighted by atomic mass is 19.1. The van der Waals surface area contributed by atoms with Crippen molar-refractivity contribution in [1.82, 2.24) is 14.9 Å². The van der Waals surface area contributed by atoms with E-state index < -0.39 is 6.30 Å². The van der Waals surface area contributed by atoms with Gasteiger partial charge in [-0.3, -0.25) is 4.79 Å². The van der Waals surface area contributed by atoms with Gasteiger partial charge in [-0.2, -0.15) is 0 Å². The van der Waals surface area contributed by atoms with Crippen LogP contribution in [0.3, 0.4) is 0 Å². The van der Waals surface area contributed by atoms with Crippen LogP contribution < -0.4 is 4.90 Å². The fourth-order valence-electron chi connectivity index (χ4n) is 2.84. The number of piperazine rings is 1. The molecule has 1 aromatic carbocycles. The molecule has 0 spiro atoms. The number of nitrogens with zero attached hydrogens (tertiary/aromatic N) is 4. The summed E-state index contributed by atoms with van der Waals surface area (Å²) < 4.78 is 14.4. The van der Waals surface area contributed by atoms with Crippen LogP contribution in [0.25, 0.3) is 0 Å². The van der Waals surface area contributed by atoms with Gasteiger partial charge in [0.2, 0.25) is 5.95 Å². The Hall–Kier alpha value is -2.94. The number of hydrogen-bond donors (Lipinski definition) is 0. The molecule has 1 fully saturated rings. The van der Waals surface area contributed by atoms with E-state index in [1.54, 1.807) is 18.5 Å². The molecule has 0 aliphatic carbocycles. The van der Waals surface area contributed by atoms with E-state index in [9.17, 15) is 9.18 Å². The van der Waals surface area contributed by atoms with Gasteiger partial charge in [-0.25, -0.2) is 14.4 Å². The van der Waals surface area contributed by atoms with E-state index in [0.717, 1.165) is 18.4 Å². The molecule has 1 aromatic heterocycles. The second-order valence-corrected chi connectivity index (χ2v) is 6.12. The maximum atomic E-state index is 14.4. The molecule has 3 rings (SSSR count). The zero-order valence-electron chi connectivity index (χ0n) is 14.7. The van der Waals surface area contributed by atoms with Crippen molar-refractivity contribution in [2.45, 2.75) is 26.1 Å². The highest BCUT2D eigenvalue weighted by Gasteiger charge is 2.30. The van der Waals surface area contributed by atoms with E-state index in [0.29, 0.717) is 19.0 Å². The molecule has 6 heteroatoms. The van der Waals surface area contributed by atoms with Gasteiger partial charge >= 0.3 is 0 Å². The van der Waals surface area contributed by atoms with Crippen molar-refractivity contribution >= 4 is 11.9 Å². The molecule has 0 radical (unpaired) electrons. The SMILES string of the molecule is CCCc1ccc(C#CC(=O)N2CCN(c3ncccn3)C(F)C2)cc1. The van der Waals surface area contributed by atoms with Crippen LogP contribution in [-0.2, 0) is 11.2 Å². The van der Waals surface area contributed by atoms with Crippen LogP contribution in [0.4, 0.5) is 10.3 Å². The molecular formula is C20H21FN4O. The highest BCUT2D eigenvalue weighted by molar-refractivity contribution is 5.94. The maximum absolute atomic E-state index is 14.4. The number of benzene rings is 1. The summed E-state index contributed by atoms with van der Waals surface area (Å²) >= 11 is 0. The molecule has 5 nitrogen and oxygen atoms in total. The van der Waals surface area contributed by atoms with Crippen LogP contribution in [0.15, 0.2) is 42.7 Å². The predicted molar refractivity (Wildman–Crippen MR) is 98.2 cm³/mol. The minimum Gasteiger partial charge on any atom is -0.325 e. The summed E-state index contributed by atoms with van der Waals surface area (Å²) in [6.45, 7) is 2.82. The monoisotopic (exact) mass is 352 g/mol. The van der Waals surface area contributed by atoms with E-state index in [2.05, 4.69) is 28.7 Å². The van der Waals surface area contributed by atoms with E-state index in [-0.39, 0.29) is 12.5 Å². The van der Waals surface area contributed by atoms with Gasteiger partial charge in [-0.15, -0.1) is 0 Å². The molecule has 0 N–H and O–H groups in total. The van der Waals surface area contributed by atoms with Crippen LogP contribution in [0.2, 0.25) is 0 Å². The minimum absolute atomic E-state index is 0.0405. The number of anilines is 1. The first-order chi connectivity index (χ1) is 12.7. The van der Waals surface area contributed by atoms with Crippen LogP contribution >= 0.6 is 0 Å². The van der Waals surface area contributed by atoms with Crippen LogP contribution in [0.5, 0.6) is 0 Å². The summed E-state index contributed by atoms with van der Waals surface area (Å²) in [6, 6.07) is 9.55. The number of amides is 1. The summed E-state index contributed by atoms with van der Waals surface area (Å²) in [4.78, 5) is 23.3. The molecule has 26 heavy (non-hydrogen) atoms. The summed E-state index contributed by atoms with van der Waals surface area (Å²) in [5.74, 6) is 5.46. The van der Waals surface area contributed by atoms with Crippen molar-refractivity contribution in [3.8, 4) is 11.8 Å². The Morgan fingerprint density at radius 3 is 2.62 bits per heavy atom. The van der Waals surface area contributed by atoms with Crippen molar-refractivity contribution < 1.29 is 9.18 Å². The molecule has 2 heterocycles. The zero-order chi connectivity index (χ0) is 18.4. The Bertz CT molecular complexity index is 798. The Morgan fingerprint density at radius 2 is 1.96 bits per heavy atom. The Morgan fingerprint density at radius 1 is 1.23 bits per heavy atom. The lowest BCUT2D eigenvalue weighted by atomic mass is 10.1. The topological polar surface area (TPSA) is 49.3 Å². The molecule has 134 valence electrons. The van der Waals surface area contributed by atoms with Gasteiger partial charge in [0.25, 0.3) is 5.91 Å². The second-order valence-electron chi connectivity index (χ2n) is 6.12.